The predicted octanol–water partition coefficient (Wildman–Crippen LogP) is 3.36. The number of rotatable bonds is 4. The summed E-state index contributed by atoms with van der Waals surface area (Å²) in [7, 11) is 0. The van der Waals surface area contributed by atoms with Crippen LogP contribution in [0.3, 0.4) is 0 Å². The number of hydrogen-bond acceptors (Lipinski definition) is 4. The number of pyridine rings is 1. The smallest absolute Gasteiger partial charge is 0.295 e. The zero-order valence-corrected chi connectivity index (χ0v) is 11.2. The van der Waals surface area contributed by atoms with Crippen molar-refractivity contribution in [2.75, 3.05) is 5.32 Å². The number of aryl methyl sites for hydroxylation is 2. The lowest BCUT2D eigenvalue weighted by Crippen LogP contribution is -2.05. The largest absolute Gasteiger partial charge is 0.374 e. The van der Waals surface area contributed by atoms with Crippen LogP contribution < -0.4 is 5.32 Å². The van der Waals surface area contributed by atoms with E-state index in [2.05, 4.69) is 10.3 Å². The highest BCUT2D eigenvalue weighted by atomic mass is 19.1. The van der Waals surface area contributed by atoms with Gasteiger partial charge in [-0.3, -0.25) is 15.1 Å². The third-order valence-corrected chi connectivity index (χ3v) is 2.88. The van der Waals surface area contributed by atoms with E-state index in [0.29, 0.717) is 12.1 Å². The summed E-state index contributed by atoms with van der Waals surface area (Å²) < 4.78 is 13.4. The minimum Gasteiger partial charge on any atom is -0.374 e. The molecule has 0 atom stereocenters. The van der Waals surface area contributed by atoms with Crippen LogP contribution in [0.1, 0.15) is 17.0 Å². The number of hydrogen-bond donors (Lipinski definition) is 1. The van der Waals surface area contributed by atoms with Crippen molar-refractivity contribution in [3.63, 3.8) is 0 Å². The maximum atomic E-state index is 13.4. The molecule has 0 unspecified atom stereocenters. The topological polar surface area (TPSA) is 68.1 Å². The van der Waals surface area contributed by atoms with E-state index in [1.165, 1.54) is 6.07 Å². The fraction of sp³-hybridized carbons (Fsp3) is 0.214. The Balaban J connectivity index is 2.24. The molecule has 0 aliphatic rings. The van der Waals surface area contributed by atoms with Gasteiger partial charge < -0.3 is 5.32 Å². The second-order valence-electron chi connectivity index (χ2n) is 4.50. The van der Waals surface area contributed by atoms with Gasteiger partial charge in [-0.2, -0.15) is 0 Å². The van der Waals surface area contributed by atoms with Gasteiger partial charge in [0.25, 0.3) is 5.69 Å². The molecule has 6 heteroatoms. The van der Waals surface area contributed by atoms with Gasteiger partial charge in [0.1, 0.15) is 11.5 Å². The lowest BCUT2D eigenvalue weighted by molar-refractivity contribution is -0.384. The van der Waals surface area contributed by atoms with Gasteiger partial charge in [0.2, 0.25) is 0 Å². The molecule has 1 heterocycles. The van der Waals surface area contributed by atoms with Gasteiger partial charge in [0, 0.05) is 5.69 Å². The molecule has 1 N–H and O–H groups in total. The number of anilines is 1. The average molecular weight is 275 g/mol. The van der Waals surface area contributed by atoms with Crippen molar-refractivity contribution in [2.24, 2.45) is 0 Å². The van der Waals surface area contributed by atoms with E-state index < -0.39 is 10.7 Å². The van der Waals surface area contributed by atoms with Crippen molar-refractivity contribution in [1.82, 2.24) is 4.98 Å². The van der Waals surface area contributed by atoms with E-state index in [0.717, 1.165) is 17.5 Å². The van der Waals surface area contributed by atoms with Crippen molar-refractivity contribution in [1.29, 1.82) is 0 Å². The van der Waals surface area contributed by atoms with E-state index >= 15 is 0 Å². The van der Waals surface area contributed by atoms with Gasteiger partial charge in [-0.25, -0.2) is 4.39 Å². The van der Waals surface area contributed by atoms with Crippen LogP contribution in [-0.2, 0) is 6.54 Å². The van der Waals surface area contributed by atoms with Crippen LogP contribution in [0.4, 0.5) is 15.8 Å². The molecule has 0 fully saturated rings. The Kier molecular flexibility index (Phi) is 3.93. The summed E-state index contributed by atoms with van der Waals surface area (Å²) in [6, 6.07) is 7.92. The number of nitrogens with one attached hydrogen (secondary N) is 1. The Morgan fingerprint density at radius 1 is 1.35 bits per heavy atom. The lowest BCUT2D eigenvalue weighted by Gasteiger charge is -2.08. The standard InChI is InChI=1S/C14H14FN3O2/c1-9-6-13(14(18(19)20)7-12(9)15)16-8-11-5-3-4-10(2)17-11/h3-7,16H,8H2,1-2H3. The second kappa shape index (κ2) is 5.64. The van der Waals surface area contributed by atoms with Gasteiger partial charge in [-0.15, -0.1) is 0 Å². The number of benzene rings is 1. The van der Waals surface area contributed by atoms with E-state index in [4.69, 9.17) is 0 Å². The molecule has 1 aromatic heterocycles. The van der Waals surface area contributed by atoms with E-state index in [1.807, 2.05) is 25.1 Å². The first-order chi connectivity index (χ1) is 9.47. The van der Waals surface area contributed by atoms with Crippen LogP contribution in [-0.4, -0.2) is 9.91 Å². The van der Waals surface area contributed by atoms with Crippen LogP contribution in [0, 0.1) is 29.8 Å². The fourth-order valence-corrected chi connectivity index (χ4v) is 1.85. The van der Waals surface area contributed by atoms with E-state index in [9.17, 15) is 14.5 Å². The molecule has 0 aliphatic carbocycles. The van der Waals surface area contributed by atoms with Crippen LogP contribution in [0.5, 0.6) is 0 Å². The highest BCUT2D eigenvalue weighted by Gasteiger charge is 2.16. The summed E-state index contributed by atoms with van der Waals surface area (Å²) in [5, 5.41) is 13.9. The highest BCUT2D eigenvalue weighted by molar-refractivity contribution is 5.63. The minimum atomic E-state index is -0.603. The third kappa shape index (κ3) is 3.09. The van der Waals surface area contributed by atoms with Gasteiger partial charge >= 0.3 is 0 Å². The van der Waals surface area contributed by atoms with E-state index in [-0.39, 0.29) is 11.4 Å². The molecule has 20 heavy (non-hydrogen) atoms. The van der Waals surface area contributed by atoms with Gasteiger partial charge in [-0.1, -0.05) is 6.07 Å². The summed E-state index contributed by atoms with van der Waals surface area (Å²) in [5.41, 5.74) is 2.00. The molecule has 2 rings (SSSR count). The van der Waals surface area contributed by atoms with Crippen LogP contribution in [0.15, 0.2) is 30.3 Å². The number of nitro benzene ring substituents is 1. The molecule has 0 aliphatic heterocycles. The Morgan fingerprint density at radius 2 is 2.10 bits per heavy atom. The van der Waals surface area contributed by atoms with Crippen molar-refractivity contribution in [2.45, 2.75) is 20.4 Å². The predicted molar refractivity (Wildman–Crippen MR) is 74.1 cm³/mol. The number of halogens is 1. The van der Waals surface area contributed by atoms with Crippen molar-refractivity contribution < 1.29 is 9.31 Å². The first kappa shape index (κ1) is 13.9. The first-order valence-electron chi connectivity index (χ1n) is 6.08. The van der Waals surface area contributed by atoms with Crippen LogP contribution >= 0.6 is 0 Å². The molecule has 2 aromatic rings. The van der Waals surface area contributed by atoms with Crippen molar-refractivity contribution in [3.05, 3.63) is 63.2 Å². The van der Waals surface area contributed by atoms with Crippen molar-refractivity contribution >= 4 is 11.4 Å². The molecule has 0 amide bonds. The molecule has 0 bridgehead atoms. The Hall–Kier alpha value is -2.50. The lowest BCUT2D eigenvalue weighted by atomic mass is 10.1. The van der Waals surface area contributed by atoms with Gasteiger partial charge in [0.05, 0.1) is 23.2 Å². The molecule has 0 radical (unpaired) electrons. The number of aromatic nitrogens is 1. The van der Waals surface area contributed by atoms with Gasteiger partial charge in [-0.05, 0) is 37.6 Å². The maximum absolute atomic E-state index is 13.4. The summed E-state index contributed by atoms with van der Waals surface area (Å²) in [4.78, 5) is 14.6. The minimum absolute atomic E-state index is 0.277. The normalized spacial score (nSPS) is 10.3. The third-order valence-electron chi connectivity index (χ3n) is 2.88. The Morgan fingerprint density at radius 3 is 2.75 bits per heavy atom. The van der Waals surface area contributed by atoms with Crippen molar-refractivity contribution in [3.8, 4) is 0 Å². The number of nitrogens with zero attached hydrogens (tertiary/aromatic N) is 2. The zero-order valence-electron chi connectivity index (χ0n) is 11.2. The van der Waals surface area contributed by atoms with Crippen LogP contribution in [0.2, 0.25) is 0 Å². The highest BCUT2D eigenvalue weighted by Crippen LogP contribution is 2.27. The summed E-state index contributed by atoms with van der Waals surface area (Å²) in [6.45, 7) is 3.77. The molecule has 104 valence electrons. The molecule has 0 spiro atoms. The van der Waals surface area contributed by atoms with E-state index in [1.54, 1.807) is 6.92 Å². The fourth-order valence-electron chi connectivity index (χ4n) is 1.85. The number of nitro groups is 1. The summed E-state index contributed by atoms with van der Waals surface area (Å²) in [6.07, 6.45) is 0. The Labute approximate surface area is 115 Å². The average Bonchev–Trinajstić information content (AvgIpc) is 2.39. The summed E-state index contributed by atoms with van der Waals surface area (Å²) >= 11 is 0. The first-order valence-corrected chi connectivity index (χ1v) is 6.08. The molecule has 0 saturated carbocycles. The molecular weight excluding hydrogens is 261 g/mol. The zero-order chi connectivity index (χ0) is 14.7. The Bertz CT molecular complexity index is 659. The molecular formula is C14H14FN3O2. The van der Waals surface area contributed by atoms with Crippen LogP contribution in [0.25, 0.3) is 0 Å². The summed E-state index contributed by atoms with van der Waals surface area (Å²) in [5.74, 6) is -0.587. The SMILES string of the molecule is Cc1cccc(CNc2cc(C)c(F)cc2[N+](=O)[O-])n1. The second-order valence-corrected chi connectivity index (χ2v) is 4.50. The maximum Gasteiger partial charge on any atom is 0.295 e. The quantitative estimate of drug-likeness (QED) is 0.686. The molecule has 5 nitrogen and oxygen atoms in total. The molecule has 1 aromatic carbocycles. The monoisotopic (exact) mass is 275 g/mol. The van der Waals surface area contributed by atoms with Gasteiger partial charge in [0.15, 0.2) is 0 Å². The molecule has 0 saturated heterocycles.